The molecule has 8 atom stereocenters. The predicted octanol–water partition coefficient (Wildman–Crippen LogP) is 6.41. The largest absolute Gasteiger partial charge is 0.469 e. The molecule has 1 aromatic rings. The van der Waals surface area contributed by atoms with Gasteiger partial charge in [-0.2, -0.15) is 0 Å². The summed E-state index contributed by atoms with van der Waals surface area (Å²) in [5, 5.41) is 4.12. The first-order valence-electron chi connectivity index (χ1n) is 14.9. The fourth-order valence-electron chi connectivity index (χ4n) is 10.9. The number of ether oxygens (including phenoxy) is 1. The van der Waals surface area contributed by atoms with E-state index < -0.39 is 10.8 Å². The summed E-state index contributed by atoms with van der Waals surface area (Å²) in [6.45, 7) is 15.3. The van der Waals surface area contributed by atoms with Gasteiger partial charge < -0.3 is 9.26 Å². The van der Waals surface area contributed by atoms with Gasteiger partial charge in [0.05, 0.1) is 24.1 Å². The fraction of sp³-hybridized carbons (Fsp3) is 0.758. The number of hydrogen-bond acceptors (Lipinski definition) is 6. The Balaban J connectivity index is 1.52. The molecule has 1 aromatic heterocycles. The van der Waals surface area contributed by atoms with Gasteiger partial charge in [0.25, 0.3) is 0 Å². The monoisotopic (exact) mass is 535 g/mol. The van der Waals surface area contributed by atoms with E-state index in [-0.39, 0.29) is 56.9 Å². The molecule has 5 aliphatic rings. The number of carbonyl (C=O) groups excluding carboxylic acids is 3. The summed E-state index contributed by atoms with van der Waals surface area (Å²) in [4.78, 5) is 41.3. The van der Waals surface area contributed by atoms with Crippen LogP contribution in [0, 0.1) is 44.8 Å². The molecule has 0 amide bonds. The van der Waals surface area contributed by atoms with E-state index in [0.717, 1.165) is 56.9 Å². The lowest BCUT2D eigenvalue weighted by Crippen LogP contribution is -2.66. The Bertz CT molecular complexity index is 1310. The highest BCUT2D eigenvalue weighted by molar-refractivity contribution is 5.96. The molecule has 3 saturated carbocycles. The molecule has 6 nitrogen and oxygen atoms in total. The maximum Gasteiger partial charge on any atom is 0.312 e. The van der Waals surface area contributed by atoms with Crippen LogP contribution in [0.5, 0.6) is 0 Å². The van der Waals surface area contributed by atoms with E-state index in [9.17, 15) is 14.4 Å². The smallest absolute Gasteiger partial charge is 0.312 e. The first-order chi connectivity index (χ1) is 18.1. The second-order valence-electron chi connectivity index (χ2n) is 15.4. The molecule has 6 rings (SSSR count). The van der Waals surface area contributed by atoms with Gasteiger partial charge in [-0.25, -0.2) is 0 Å². The number of rotatable bonds is 2. The number of aromatic nitrogens is 1. The standard InChI is InChI=1S/C33H45NO5/c1-19(35)32(7)23-9-10-30(5)24(29(23,4)16-20-18-34-39-26(20)32)15-22(36)25-21-17-28(2,3)11-13-33(21,27(37)38-8)14-12-31(25,30)6/h15,18,21,23,25H,9-14,16-17H2,1-8H3/t21-,23+,25-,29-,30+,31+,32-,33-/m0/s1. The van der Waals surface area contributed by atoms with Crippen molar-refractivity contribution in [3.8, 4) is 0 Å². The Labute approximate surface area is 232 Å². The van der Waals surface area contributed by atoms with Crippen LogP contribution in [-0.2, 0) is 31.0 Å². The van der Waals surface area contributed by atoms with Gasteiger partial charge in [-0.05, 0) is 105 Å². The van der Waals surface area contributed by atoms with Crippen molar-refractivity contribution >= 4 is 17.5 Å². The zero-order valence-corrected chi connectivity index (χ0v) is 25.0. The Morgan fingerprint density at radius 3 is 2.38 bits per heavy atom. The molecule has 0 aliphatic heterocycles. The Hall–Kier alpha value is -2.24. The maximum absolute atomic E-state index is 14.5. The van der Waals surface area contributed by atoms with Crippen LogP contribution in [0.15, 0.2) is 22.4 Å². The zero-order chi connectivity index (χ0) is 28.4. The molecule has 0 bridgehead atoms. The van der Waals surface area contributed by atoms with E-state index >= 15 is 0 Å². The molecular weight excluding hydrogens is 490 g/mol. The molecule has 3 fully saturated rings. The quantitative estimate of drug-likeness (QED) is 0.407. The minimum atomic E-state index is -0.776. The van der Waals surface area contributed by atoms with Crippen LogP contribution < -0.4 is 0 Å². The highest BCUT2D eigenvalue weighted by Crippen LogP contribution is 2.75. The van der Waals surface area contributed by atoms with Gasteiger partial charge in [-0.15, -0.1) is 0 Å². The van der Waals surface area contributed by atoms with E-state index in [1.54, 1.807) is 13.1 Å². The van der Waals surface area contributed by atoms with Crippen molar-refractivity contribution in [1.82, 2.24) is 5.16 Å². The zero-order valence-electron chi connectivity index (χ0n) is 25.0. The number of Topliss-reactive ketones (excluding diaryl/α,β-unsaturated/α-hetero) is 1. The van der Waals surface area contributed by atoms with Crippen molar-refractivity contribution in [2.75, 3.05) is 7.11 Å². The number of ketones is 2. The van der Waals surface area contributed by atoms with Crippen LogP contribution in [0.1, 0.15) is 105 Å². The summed E-state index contributed by atoms with van der Waals surface area (Å²) in [5.41, 5.74) is 0.0511. The van der Waals surface area contributed by atoms with E-state index in [1.807, 2.05) is 13.0 Å². The lowest BCUT2D eigenvalue weighted by atomic mass is 9.33. The van der Waals surface area contributed by atoms with Crippen LogP contribution in [0.2, 0.25) is 0 Å². The van der Waals surface area contributed by atoms with Crippen molar-refractivity contribution in [3.05, 3.63) is 29.2 Å². The van der Waals surface area contributed by atoms with Gasteiger partial charge in [0.15, 0.2) is 11.5 Å². The molecule has 1 heterocycles. The third-order valence-corrected chi connectivity index (χ3v) is 13.4. The lowest BCUT2D eigenvalue weighted by Gasteiger charge is -2.69. The third kappa shape index (κ3) is 3.09. The molecule has 0 N–H and O–H groups in total. The fourth-order valence-corrected chi connectivity index (χ4v) is 10.9. The molecule has 0 radical (unpaired) electrons. The van der Waals surface area contributed by atoms with Gasteiger partial charge in [-0.1, -0.05) is 45.3 Å². The first kappa shape index (κ1) is 27.0. The molecule has 0 spiro atoms. The number of esters is 1. The maximum atomic E-state index is 14.5. The minimum Gasteiger partial charge on any atom is -0.469 e. The van der Waals surface area contributed by atoms with Crippen molar-refractivity contribution in [3.63, 3.8) is 0 Å². The molecular formula is C33H45NO5. The highest BCUT2D eigenvalue weighted by atomic mass is 16.5. The normalized spacial score (nSPS) is 46.0. The topological polar surface area (TPSA) is 86.5 Å². The summed E-state index contributed by atoms with van der Waals surface area (Å²) in [6.07, 6.45) is 10.5. The molecule has 39 heavy (non-hydrogen) atoms. The average molecular weight is 536 g/mol. The average Bonchev–Trinajstić information content (AvgIpc) is 3.33. The van der Waals surface area contributed by atoms with Gasteiger partial charge in [0.1, 0.15) is 5.78 Å². The second kappa shape index (κ2) is 7.94. The minimum absolute atomic E-state index is 0.0291. The van der Waals surface area contributed by atoms with E-state index in [0.29, 0.717) is 5.76 Å². The van der Waals surface area contributed by atoms with Crippen LogP contribution in [0.4, 0.5) is 0 Å². The first-order valence-corrected chi connectivity index (χ1v) is 14.9. The second-order valence-corrected chi connectivity index (χ2v) is 15.4. The summed E-state index contributed by atoms with van der Waals surface area (Å²) < 4.78 is 11.2. The van der Waals surface area contributed by atoms with Gasteiger partial charge in [0.2, 0.25) is 0 Å². The van der Waals surface area contributed by atoms with E-state index in [4.69, 9.17) is 9.26 Å². The summed E-state index contributed by atoms with van der Waals surface area (Å²) in [5.74, 6) is 0.628. The molecule has 212 valence electrons. The number of carbonyl (C=O) groups is 3. The number of nitrogens with zero attached hydrogens (tertiary/aromatic N) is 1. The van der Waals surface area contributed by atoms with Crippen molar-refractivity contribution < 1.29 is 23.6 Å². The molecule has 0 aromatic carbocycles. The predicted molar refractivity (Wildman–Crippen MR) is 147 cm³/mol. The van der Waals surface area contributed by atoms with Gasteiger partial charge in [-0.3, -0.25) is 14.4 Å². The van der Waals surface area contributed by atoms with Gasteiger partial charge >= 0.3 is 5.97 Å². The Kier molecular flexibility index (Phi) is 5.49. The van der Waals surface area contributed by atoms with Crippen molar-refractivity contribution in [1.29, 1.82) is 0 Å². The Morgan fingerprint density at radius 1 is 1.03 bits per heavy atom. The molecule has 0 unspecified atom stereocenters. The van der Waals surface area contributed by atoms with Crippen LogP contribution in [-0.4, -0.2) is 29.8 Å². The number of allylic oxidation sites excluding steroid dienone is 2. The SMILES string of the molecule is COC(=O)[C@]12CCC(C)(C)C[C@H]1[C@H]1C(=O)C=C3[C@@]4(C)Cc5cnoc5[C@@](C)(C(C)=O)[C@@H]4CC[C@@]3(C)[C@]1(C)CC2. The lowest BCUT2D eigenvalue weighted by molar-refractivity contribution is -0.191. The summed E-state index contributed by atoms with van der Waals surface area (Å²) in [7, 11) is 1.50. The molecule has 0 saturated heterocycles. The third-order valence-electron chi connectivity index (χ3n) is 13.4. The molecule has 5 aliphatic carbocycles. The summed E-state index contributed by atoms with van der Waals surface area (Å²) >= 11 is 0. The van der Waals surface area contributed by atoms with Crippen LogP contribution >= 0.6 is 0 Å². The van der Waals surface area contributed by atoms with Crippen molar-refractivity contribution in [2.45, 2.75) is 105 Å². The van der Waals surface area contributed by atoms with Crippen LogP contribution in [0.3, 0.4) is 0 Å². The van der Waals surface area contributed by atoms with Crippen molar-refractivity contribution in [2.24, 2.45) is 44.8 Å². The van der Waals surface area contributed by atoms with Crippen LogP contribution in [0.25, 0.3) is 0 Å². The molecule has 6 heteroatoms. The number of methoxy groups -OCH3 is 1. The Morgan fingerprint density at radius 2 is 1.72 bits per heavy atom. The van der Waals surface area contributed by atoms with E-state index in [2.05, 4.69) is 39.8 Å². The van der Waals surface area contributed by atoms with E-state index in [1.165, 1.54) is 12.7 Å². The highest BCUT2D eigenvalue weighted by Gasteiger charge is 2.72. The number of hydrogen-bond donors (Lipinski definition) is 0. The summed E-state index contributed by atoms with van der Waals surface area (Å²) in [6, 6.07) is 0. The van der Waals surface area contributed by atoms with Gasteiger partial charge in [0, 0.05) is 11.5 Å². The number of fused-ring (bicyclic) bond motifs is 8.